The predicted molar refractivity (Wildman–Crippen MR) is 195 cm³/mol. The largest absolute Gasteiger partial charge is 0.497 e. The second-order valence-electron chi connectivity index (χ2n) is 14.3. The van der Waals surface area contributed by atoms with Crippen LogP contribution in [0.4, 0.5) is 0 Å². The van der Waals surface area contributed by atoms with Crippen LogP contribution in [-0.2, 0) is 11.3 Å². The Morgan fingerprint density at radius 2 is 1.85 bits per heavy atom. The summed E-state index contributed by atoms with van der Waals surface area (Å²) < 4.78 is 8.04. The molecule has 3 saturated carbocycles. The molecule has 1 aliphatic heterocycles. The van der Waals surface area contributed by atoms with Gasteiger partial charge in [-0.2, -0.15) is 12.6 Å². The summed E-state index contributed by atoms with van der Waals surface area (Å²) in [5.74, 6) is 2.97. The molecule has 3 aliphatic carbocycles. The van der Waals surface area contributed by atoms with Crippen LogP contribution in [0.25, 0.3) is 22.2 Å². The molecule has 3 aromatic rings. The fourth-order valence-corrected chi connectivity index (χ4v) is 8.24. The Bertz CT molecular complexity index is 1670. The van der Waals surface area contributed by atoms with Gasteiger partial charge >= 0.3 is 0 Å². The maximum absolute atomic E-state index is 14.3. The van der Waals surface area contributed by atoms with Gasteiger partial charge in [0.15, 0.2) is 0 Å². The van der Waals surface area contributed by atoms with E-state index in [1.54, 1.807) is 7.11 Å². The quantitative estimate of drug-likeness (QED) is 0.171. The first-order valence-electron chi connectivity index (χ1n) is 17.8. The Morgan fingerprint density at radius 1 is 1.09 bits per heavy atom. The second kappa shape index (κ2) is 14.2. The fourth-order valence-electron chi connectivity index (χ4n) is 7.87. The Labute approximate surface area is 285 Å². The monoisotopic (exact) mass is 656 g/mol. The number of carbonyl (C=O) groups is 2. The molecule has 2 N–H and O–H groups in total. The highest BCUT2D eigenvalue weighted by molar-refractivity contribution is 7.80. The first kappa shape index (κ1) is 33.8. The zero-order chi connectivity index (χ0) is 33.3. The van der Waals surface area contributed by atoms with E-state index in [1.807, 2.05) is 18.2 Å². The zero-order valence-electron chi connectivity index (χ0n) is 28.7. The van der Waals surface area contributed by atoms with Gasteiger partial charge in [0.1, 0.15) is 5.75 Å². The van der Waals surface area contributed by atoms with Crippen molar-refractivity contribution in [2.45, 2.75) is 96.4 Å². The molecule has 7 rings (SSSR count). The van der Waals surface area contributed by atoms with Gasteiger partial charge in [-0.1, -0.05) is 45.6 Å². The van der Waals surface area contributed by atoms with Crippen LogP contribution in [0.2, 0.25) is 0 Å². The highest BCUT2D eigenvalue weighted by Crippen LogP contribution is 2.66. The van der Waals surface area contributed by atoms with Crippen LogP contribution < -0.4 is 10.5 Å². The molecule has 8 heteroatoms. The minimum absolute atomic E-state index is 0.0193. The highest BCUT2D eigenvalue weighted by Gasteiger charge is 2.63. The number of aromatic nitrogens is 1. The summed E-state index contributed by atoms with van der Waals surface area (Å²) in [4.78, 5) is 33.7. The summed E-state index contributed by atoms with van der Waals surface area (Å²) >= 11 is 4.08. The second-order valence-corrected chi connectivity index (χ2v) is 14.7. The topological polar surface area (TPSA) is 89.9 Å². The average molecular weight is 657 g/mol. The third-order valence-electron chi connectivity index (χ3n) is 11.0. The van der Waals surface area contributed by atoms with Crippen molar-refractivity contribution in [3.63, 3.8) is 0 Å². The third-order valence-corrected chi connectivity index (χ3v) is 11.5. The summed E-state index contributed by atoms with van der Waals surface area (Å²) in [6, 6.07) is 12.2. The van der Waals surface area contributed by atoms with Gasteiger partial charge in [-0.3, -0.25) is 9.59 Å². The van der Waals surface area contributed by atoms with E-state index in [1.165, 1.54) is 59.9 Å². The van der Waals surface area contributed by atoms with Gasteiger partial charge in [0.25, 0.3) is 5.91 Å². The van der Waals surface area contributed by atoms with Gasteiger partial charge in [0.2, 0.25) is 5.91 Å². The number of primary amides is 1. The van der Waals surface area contributed by atoms with E-state index in [-0.39, 0.29) is 11.8 Å². The van der Waals surface area contributed by atoms with Crippen LogP contribution in [0.3, 0.4) is 0 Å². The molecule has 3 fully saturated rings. The van der Waals surface area contributed by atoms with Crippen molar-refractivity contribution in [1.29, 1.82) is 0 Å². The van der Waals surface area contributed by atoms with E-state index < -0.39 is 11.3 Å². The molecule has 47 heavy (non-hydrogen) atoms. The summed E-state index contributed by atoms with van der Waals surface area (Å²) in [6.45, 7) is 6.41. The van der Waals surface area contributed by atoms with Crippen molar-refractivity contribution in [1.82, 2.24) is 9.47 Å². The molecule has 0 radical (unpaired) electrons. The van der Waals surface area contributed by atoms with E-state index in [9.17, 15) is 9.59 Å². The van der Waals surface area contributed by atoms with Gasteiger partial charge in [-0.05, 0) is 111 Å². The van der Waals surface area contributed by atoms with Crippen molar-refractivity contribution >= 4 is 41.1 Å². The van der Waals surface area contributed by atoms with Crippen molar-refractivity contribution in [2.75, 3.05) is 33.0 Å². The molecule has 2 atom stereocenters. The molecule has 1 aromatic heterocycles. The van der Waals surface area contributed by atoms with Crippen LogP contribution >= 0.6 is 12.6 Å². The van der Waals surface area contributed by atoms with Crippen molar-refractivity contribution in [3.8, 4) is 17.0 Å². The lowest BCUT2D eigenvalue weighted by Gasteiger charge is -2.24. The molecule has 2 aromatic carbocycles. The van der Waals surface area contributed by atoms with Crippen LogP contribution in [0.5, 0.6) is 5.75 Å². The zero-order valence-corrected chi connectivity index (χ0v) is 29.6. The normalized spacial score (nSPS) is 22.1. The Hall–Kier alpha value is -3.10. The SMILES string of the molecule is CCCC(CN(C)CC)=NC(=O)C12CC1c1cc(OC)ccc1-c1c(C3CCCCC3)c3ccc(C(N)=O)cc3n1C2.SCC1CC1. The van der Waals surface area contributed by atoms with E-state index >= 15 is 0 Å². The lowest BCUT2D eigenvalue weighted by molar-refractivity contribution is -0.123. The lowest BCUT2D eigenvalue weighted by Crippen LogP contribution is -2.28. The molecular formula is C39H52N4O3S. The standard InChI is InChI=1S/C35H44N4O3.C4H8S/c1-5-10-24(20-38(3)6-2)37-34(41)35-19-29(35)28-18-25(42-4)14-16-26(28)32-31(22-11-8-7-9-12-22)27-15-13-23(33(36)40)17-30(27)39(32)21-35;5-3-4-1-2-4/h13-18,22,29H,5-12,19-21H2,1-4H3,(H2,36,40);4-5H,1-3H2. The highest BCUT2D eigenvalue weighted by atomic mass is 32.1. The van der Waals surface area contributed by atoms with Crippen LogP contribution in [0.1, 0.15) is 111 Å². The van der Waals surface area contributed by atoms with Gasteiger partial charge in [-0.15, -0.1) is 0 Å². The summed E-state index contributed by atoms with van der Waals surface area (Å²) in [5.41, 5.74) is 12.5. The first-order valence-corrected chi connectivity index (χ1v) is 18.4. The number of aliphatic imine (C=N–C) groups is 1. The average Bonchev–Trinajstić information content (AvgIpc) is 4.01. The lowest BCUT2D eigenvalue weighted by atomic mass is 9.81. The Kier molecular flexibility index (Phi) is 10.2. The molecule has 4 aliphatic rings. The van der Waals surface area contributed by atoms with E-state index in [0.29, 0.717) is 24.6 Å². The molecule has 2 amide bonds. The van der Waals surface area contributed by atoms with E-state index in [4.69, 9.17) is 15.5 Å². The number of hydrogen-bond acceptors (Lipinski definition) is 5. The summed E-state index contributed by atoms with van der Waals surface area (Å²) in [6.07, 6.45) is 11.4. The Morgan fingerprint density at radius 3 is 2.47 bits per heavy atom. The van der Waals surface area contributed by atoms with Crippen LogP contribution in [-0.4, -0.2) is 60.0 Å². The van der Waals surface area contributed by atoms with E-state index in [2.05, 4.69) is 61.2 Å². The molecular weight excluding hydrogens is 605 g/mol. The number of nitrogens with zero attached hydrogens (tertiary/aromatic N) is 3. The van der Waals surface area contributed by atoms with Crippen molar-refractivity contribution in [3.05, 3.63) is 53.1 Å². The number of amides is 2. The molecule has 0 spiro atoms. The van der Waals surface area contributed by atoms with Crippen LogP contribution in [0, 0.1) is 11.3 Å². The number of ether oxygens (including phenoxy) is 1. The van der Waals surface area contributed by atoms with E-state index in [0.717, 1.165) is 67.3 Å². The molecule has 7 nitrogen and oxygen atoms in total. The fraction of sp³-hybridized carbons (Fsp3) is 0.564. The van der Waals surface area contributed by atoms with Crippen molar-refractivity contribution in [2.24, 2.45) is 22.1 Å². The number of methoxy groups -OCH3 is 1. The maximum Gasteiger partial charge on any atom is 0.254 e. The van der Waals surface area contributed by atoms with Gasteiger partial charge in [0, 0.05) is 46.7 Å². The summed E-state index contributed by atoms with van der Waals surface area (Å²) in [7, 11) is 3.77. The molecule has 2 unspecified atom stereocenters. The van der Waals surface area contributed by atoms with Crippen molar-refractivity contribution < 1.29 is 14.3 Å². The number of carbonyl (C=O) groups excluding carboxylic acids is 2. The number of rotatable bonds is 10. The van der Waals surface area contributed by atoms with Gasteiger partial charge in [0.05, 0.1) is 18.2 Å². The minimum atomic E-state index is -0.630. The molecule has 0 saturated heterocycles. The Balaban J connectivity index is 0.000000707. The molecule has 0 bridgehead atoms. The molecule has 252 valence electrons. The van der Waals surface area contributed by atoms with Gasteiger partial charge in [-0.25, -0.2) is 4.99 Å². The van der Waals surface area contributed by atoms with Gasteiger partial charge < -0.3 is 19.9 Å². The number of fused-ring (bicyclic) bond motifs is 7. The smallest absolute Gasteiger partial charge is 0.254 e. The predicted octanol–water partition coefficient (Wildman–Crippen LogP) is 8.00. The van der Waals surface area contributed by atoms with Crippen LogP contribution in [0.15, 0.2) is 41.4 Å². The number of hydrogen-bond donors (Lipinski definition) is 2. The summed E-state index contributed by atoms with van der Waals surface area (Å²) in [5, 5.41) is 1.17. The third kappa shape index (κ3) is 6.78. The number of benzene rings is 2. The molecule has 2 heterocycles. The number of nitrogens with two attached hydrogens (primary N) is 1. The minimum Gasteiger partial charge on any atom is -0.497 e. The number of thiol groups is 1. The first-order chi connectivity index (χ1) is 22.7. The maximum atomic E-state index is 14.3.